The van der Waals surface area contributed by atoms with Gasteiger partial charge in [0.2, 0.25) is 0 Å². The van der Waals surface area contributed by atoms with Gasteiger partial charge in [-0.15, -0.1) is 6.42 Å². The highest BCUT2D eigenvalue weighted by Crippen LogP contribution is 2.28. The van der Waals surface area contributed by atoms with Crippen molar-refractivity contribution < 1.29 is 9.47 Å². The Morgan fingerprint density at radius 3 is 2.68 bits per heavy atom. The Labute approximate surface area is 131 Å². The normalized spacial score (nSPS) is 10.5. The first-order valence-corrected chi connectivity index (χ1v) is 6.99. The lowest BCUT2D eigenvalue weighted by Gasteiger charge is -2.09. The van der Waals surface area contributed by atoms with E-state index in [1.54, 1.807) is 7.11 Å². The number of terminal acetylenes is 1. The number of hydrogen-bond donors (Lipinski definition) is 0. The predicted octanol–water partition coefficient (Wildman–Crippen LogP) is 4.07. The van der Waals surface area contributed by atoms with Gasteiger partial charge >= 0.3 is 0 Å². The molecule has 2 aromatic rings. The molecule has 0 unspecified atom stereocenters. The molecule has 3 nitrogen and oxygen atoms in total. The number of nitrogens with zero attached hydrogens (tertiary/aromatic N) is 1. The SMILES string of the molecule is C#CCOc1ccc(C=Nc2cc(C)ccc2C)cc1OC. The summed E-state index contributed by atoms with van der Waals surface area (Å²) in [7, 11) is 1.60. The van der Waals surface area contributed by atoms with E-state index in [4.69, 9.17) is 15.9 Å². The molecule has 0 fully saturated rings. The van der Waals surface area contributed by atoms with Gasteiger partial charge in [-0.1, -0.05) is 18.1 Å². The molecular formula is C19H19NO2. The summed E-state index contributed by atoms with van der Waals surface area (Å²) in [5.74, 6) is 3.70. The predicted molar refractivity (Wildman–Crippen MR) is 90.5 cm³/mol. The first kappa shape index (κ1) is 15.7. The van der Waals surface area contributed by atoms with Gasteiger partial charge in [-0.25, -0.2) is 0 Å². The van der Waals surface area contributed by atoms with Crippen LogP contribution in [0.1, 0.15) is 16.7 Å². The molecule has 112 valence electrons. The molecule has 0 aliphatic heterocycles. The Balaban J connectivity index is 2.24. The maximum Gasteiger partial charge on any atom is 0.162 e. The molecule has 0 saturated carbocycles. The third-order valence-corrected chi connectivity index (χ3v) is 3.22. The fourth-order valence-corrected chi connectivity index (χ4v) is 2.01. The van der Waals surface area contributed by atoms with E-state index >= 15 is 0 Å². The molecule has 0 radical (unpaired) electrons. The molecule has 0 bridgehead atoms. The minimum absolute atomic E-state index is 0.215. The quantitative estimate of drug-likeness (QED) is 0.614. The second-order valence-corrected chi connectivity index (χ2v) is 4.95. The van der Waals surface area contributed by atoms with Crippen molar-refractivity contribution in [2.75, 3.05) is 13.7 Å². The number of benzene rings is 2. The van der Waals surface area contributed by atoms with Gasteiger partial charge in [0.05, 0.1) is 12.8 Å². The second-order valence-electron chi connectivity index (χ2n) is 4.95. The summed E-state index contributed by atoms with van der Waals surface area (Å²) in [6.07, 6.45) is 7.01. The molecule has 0 N–H and O–H groups in total. The van der Waals surface area contributed by atoms with Gasteiger partial charge in [-0.2, -0.15) is 0 Å². The maximum atomic E-state index is 5.42. The Kier molecular flexibility index (Phi) is 5.21. The van der Waals surface area contributed by atoms with Gasteiger partial charge in [-0.05, 0) is 54.8 Å². The Morgan fingerprint density at radius 2 is 1.95 bits per heavy atom. The van der Waals surface area contributed by atoms with Crippen LogP contribution in [0.2, 0.25) is 0 Å². The van der Waals surface area contributed by atoms with Crippen molar-refractivity contribution in [3.63, 3.8) is 0 Å². The molecule has 22 heavy (non-hydrogen) atoms. The summed E-state index contributed by atoms with van der Waals surface area (Å²) in [5.41, 5.74) is 4.23. The smallest absolute Gasteiger partial charge is 0.162 e. The molecule has 0 spiro atoms. The topological polar surface area (TPSA) is 30.8 Å². The van der Waals surface area contributed by atoms with Crippen LogP contribution in [0.3, 0.4) is 0 Å². The number of methoxy groups -OCH3 is 1. The van der Waals surface area contributed by atoms with E-state index in [-0.39, 0.29) is 6.61 Å². The minimum atomic E-state index is 0.215. The molecule has 0 heterocycles. The summed E-state index contributed by atoms with van der Waals surface area (Å²) < 4.78 is 10.7. The van der Waals surface area contributed by atoms with E-state index in [1.165, 1.54) is 5.56 Å². The third kappa shape index (κ3) is 3.89. The van der Waals surface area contributed by atoms with Crippen LogP contribution in [0.25, 0.3) is 0 Å². The van der Waals surface area contributed by atoms with Crippen molar-refractivity contribution in [2.24, 2.45) is 4.99 Å². The minimum Gasteiger partial charge on any atom is -0.493 e. The number of aliphatic imine (C=N–C) groups is 1. The zero-order valence-corrected chi connectivity index (χ0v) is 13.1. The standard InChI is InChI=1S/C19H19NO2/c1-5-10-22-18-9-8-16(12-19(18)21-4)13-20-17-11-14(2)6-7-15(17)3/h1,6-9,11-13H,10H2,2-4H3. The fraction of sp³-hybridized carbons (Fsp3) is 0.211. The lowest BCUT2D eigenvalue weighted by molar-refractivity contribution is 0.331. The van der Waals surface area contributed by atoms with Crippen molar-refractivity contribution >= 4 is 11.9 Å². The lowest BCUT2D eigenvalue weighted by Crippen LogP contribution is -1.97. The summed E-state index contributed by atoms with van der Waals surface area (Å²) in [6.45, 7) is 4.31. The van der Waals surface area contributed by atoms with Gasteiger partial charge in [0, 0.05) is 6.21 Å². The number of aryl methyl sites for hydroxylation is 2. The largest absolute Gasteiger partial charge is 0.493 e. The Bertz CT molecular complexity index is 727. The molecule has 0 saturated heterocycles. The summed E-state index contributed by atoms with van der Waals surface area (Å²) in [5, 5.41) is 0. The molecule has 0 amide bonds. The Hall–Kier alpha value is -2.73. The van der Waals surface area contributed by atoms with Crippen LogP contribution in [0, 0.1) is 26.2 Å². The third-order valence-electron chi connectivity index (χ3n) is 3.22. The fourth-order valence-electron chi connectivity index (χ4n) is 2.01. The molecule has 3 heteroatoms. The van der Waals surface area contributed by atoms with Crippen LogP contribution in [0.15, 0.2) is 41.4 Å². The van der Waals surface area contributed by atoms with Gasteiger partial charge < -0.3 is 9.47 Å². The molecule has 0 aliphatic rings. The highest BCUT2D eigenvalue weighted by molar-refractivity contribution is 5.83. The van der Waals surface area contributed by atoms with Gasteiger partial charge in [0.1, 0.15) is 6.61 Å². The summed E-state index contributed by atoms with van der Waals surface area (Å²) in [6, 6.07) is 11.8. The monoisotopic (exact) mass is 293 g/mol. The Morgan fingerprint density at radius 1 is 1.14 bits per heavy atom. The number of ether oxygens (including phenoxy) is 2. The highest BCUT2D eigenvalue weighted by atomic mass is 16.5. The highest BCUT2D eigenvalue weighted by Gasteiger charge is 2.04. The van der Waals surface area contributed by atoms with Crippen molar-refractivity contribution in [2.45, 2.75) is 13.8 Å². The van der Waals surface area contributed by atoms with E-state index in [9.17, 15) is 0 Å². The number of hydrogen-bond acceptors (Lipinski definition) is 3. The van der Waals surface area contributed by atoms with E-state index in [0.29, 0.717) is 11.5 Å². The van der Waals surface area contributed by atoms with Crippen LogP contribution in [-0.4, -0.2) is 19.9 Å². The van der Waals surface area contributed by atoms with Crippen LogP contribution in [0.4, 0.5) is 5.69 Å². The molecule has 0 aliphatic carbocycles. The average molecular weight is 293 g/mol. The molecule has 0 atom stereocenters. The first-order chi connectivity index (χ1) is 10.6. The van der Waals surface area contributed by atoms with Crippen molar-refractivity contribution in [1.82, 2.24) is 0 Å². The van der Waals surface area contributed by atoms with Crippen LogP contribution in [-0.2, 0) is 0 Å². The molecule has 2 aromatic carbocycles. The maximum absolute atomic E-state index is 5.42. The van der Waals surface area contributed by atoms with Crippen molar-refractivity contribution in [1.29, 1.82) is 0 Å². The zero-order chi connectivity index (χ0) is 15.9. The van der Waals surface area contributed by atoms with Crippen LogP contribution in [0.5, 0.6) is 11.5 Å². The second kappa shape index (κ2) is 7.33. The lowest BCUT2D eigenvalue weighted by atomic mass is 10.1. The van der Waals surface area contributed by atoms with Crippen LogP contribution < -0.4 is 9.47 Å². The van der Waals surface area contributed by atoms with Crippen molar-refractivity contribution in [3.05, 3.63) is 53.1 Å². The summed E-state index contributed by atoms with van der Waals surface area (Å²) >= 11 is 0. The van der Waals surface area contributed by atoms with Gasteiger partial charge in [0.15, 0.2) is 11.5 Å². The van der Waals surface area contributed by atoms with E-state index in [2.05, 4.69) is 36.0 Å². The molecule has 2 rings (SSSR count). The van der Waals surface area contributed by atoms with E-state index < -0.39 is 0 Å². The van der Waals surface area contributed by atoms with Gasteiger partial charge in [-0.3, -0.25) is 4.99 Å². The number of rotatable bonds is 5. The van der Waals surface area contributed by atoms with Crippen molar-refractivity contribution in [3.8, 4) is 23.8 Å². The van der Waals surface area contributed by atoms with E-state index in [1.807, 2.05) is 31.3 Å². The van der Waals surface area contributed by atoms with Crippen LogP contribution >= 0.6 is 0 Å². The molecule has 0 aromatic heterocycles. The van der Waals surface area contributed by atoms with E-state index in [0.717, 1.165) is 16.8 Å². The first-order valence-electron chi connectivity index (χ1n) is 6.99. The molecular weight excluding hydrogens is 274 g/mol. The summed E-state index contributed by atoms with van der Waals surface area (Å²) in [4.78, 5) is 4.55. The average Bonchev–Trinajstić information content (AvgIpc) is 2.54. The zero-order valence-electron chi connectivity index (χ0n) is 13.1. The van der Waals surface area contributed by atoms with Gasteiger partial charge in [0.25, 0.3) is 0 Å².